The van der Waals surface area contributed by atoms with E-state index in [1.54, 1.807) is 0 Å². The van der Waals surface area contributed by atoms with Crippen LogP contribution in [0.4, 0.5) is 11.6 Å². The first-order valence-electron chi connectivity index (χ1n) is 6.04. The molecule has 0 saturated carbocycles. The predicted octanol–water partition coefficient (Wildman–Crippen LogP) is 2.61. The van der Waals surface area contributed by atoms with Gasteiger partial charge in [0, 0.05) is 11.6 Å². The van der Waals surface area contributed by atoms with E-state index in [4.69, 9.17) is 5.73 Å². The molecule has 4 heteroatoms. The molecule has 1 heterocycles. The van der Waals surface area contributed by atoms with Gasteiger partial charge in [0.05, 0.1) is 0 Å². The van der Waals surface area contributed by atoms with Crippen LogP contribution in [0.25, 0.3) is 0 Å². The third kappa shape index (κ3) is 3.36. The van der Waals surface area contributed by atoms with E-state index >= 15 is 0 Å². The van der Waals surface area contributed by atoms with Gasteiger partial charge in [0.15, 0.2) is 0 Å². The molecule has 0 fully saturated rings. The number of rotatable bonds is 6. The molecule has 0 radical (unpaired) electrons. The molecule has 4 nitrogen and oxygen atoms in total. The Morgan fingerprint density at radius 3 is 2.69 bits per heavy atom. The average molecular weight is 222 g/mol. The van der Waals surface area contributed by atoms with Crippen LogP contribution < -0.4 is 11.1 Å². The van der Waals surface area contributed by atoms with Gasteiger partial charge in [0.25, 0.3) is 0 Å². The first-order valence-corrected chi connectivity index (χ1v) is 6.04. The molecule has 0 aromatic carbocycles. The minimum absolute atomic E-state index is 0.426. The molecule has 0 saturated heterocycles. The molecule has 1 rings (SSSR count). The van der Waals surface area contributed by atoms with Crippen LogP contribution in [0.15, 0.2) is 6.33 Å². The van der Waals surface area contributed by atoms with Crippen LogP contribution >= 0.6 is 0 Å². The molecule has 0 bridgehead atoms. The Morgan fingerprint density at radius 2 is 2.06 bits per heavy atom. The summed E-state index contributed by atoms with van der Waals surface area (Å²) in [6, 6.07) is 0.426. The molecule has 1 aromatic rings. The van der Waals surface area contributed by atoms with Crippen molar-refractivity contribution in [1.82, 2.24) is 9.97 Å². The monoisotopic (exact) mass is 222 g/mol. The van der Waals surface area contributed by atoms with Crippen molar-refractivity contribution in [3.63, 3.8) is 0 Å². The zero-order chi connectivity index (χ0) is 12.0. The van der Waals surface area contributed by atoms with Gasteiger partial charge in [-0.05, 0) is 19.8 Å². The Balaban J connectivity index is 2.81. The lowest BCUT2D eigenvalue weighted by Crippen LogP contribution is -2.18. The van der Waals surface area contributed by atoms with Gasteiger partial charge < -0.3 is 11.1 Å². The number of aromatic nitrogens is 2. The third-order valence-corrected chi connectivity index (χ3v) is 2.58. The summed E-state index contributed by atoms with van der Waals surface area (Å²) in [6.07, 6.45) is 5.80. The molecule has 0 aliphatic heterocycles. The summed E-state index contributed by atoms with van der Waals surface area (Å²) in [5, 5.41) is 3.41. The second-order valence-corrected chi connectivity index (χ2v) is 4.17. The number of nitrogens with two attached hydrogens (primary N) is 1. The summed E-state index contributed by atoms with van der Waals surface area (Å²) >= 11 is 0. The summed E-state index contributed by atoms with van der Waals surface area (Å²) in [5.41, 5.74) is 6.92. The van der Waals surface area contributed by atoms with E-state index < -0.39 is 0 Å². The summed E-state index contributed by atoms with van der Waals surface area (Å²) in [7, 11) is 0. The van der Waals surface area contributed by atoms with Gasteiger partial charge >= 0.3 is 0 Å². The number of hydrogen-bond donors (Lipinski definition) is 2. The van der Waals surface area contributed by atoms with Crippen molar-refractivity contribution in [2.24, 2.45) is 0 Å². The Bertz CT molecular complexity index is 325. The van der Waals surface area contributed by atoms with Crippen LogP contribution in [0, 0.1) is 0 Å². The minimum Gasteiger partial charge on any atom is -0.383 e. The largest absolute Gasteiger partial charge is 0.383 e. The molecule has 0 aliphatic carbocycles. The normalized spacial score (nSPS) is 12.4. The zero-order valence-corrected chi connectivity index (χ0v) is 10.5. The maximum absolute atomic E-state index is 5.87. The molecule has 16 heavy (non-hydrogen) atoms. The quantitative estimate of drug-likeness (QED) is 0.776. The number of nitrogens with one attached hydrogen (secondary N) is 1. The number of nitrogen functional groups attached to an aromatic ring is 1. The van der Waals surface area contributed by atoms with Crippen molar-refractivity contribution in [2.75, 3.05) is 11.1 Å². The fourth-order valence-corrected chi connectivity index (χ4v) is 1.79. The van der Waals surface area contributed by atoms with E-state index in [0.717, 1.165) is 37.1 Å². The third-order valence-electron chi connectivity index (χ3n) is 2.58. The SMILES string of the molecule is CCCc1c(N)ncnc1NC(C)CCC. The highest BCUT2D eigenvalue weighted by molar-refractivity contribution is 5.55. The summed E-state index contributed by atoms with van der Waals surface area (Å²) < 4.78 is 0. The predicted molar refractivity (Wildman–Crippen MR) is 68.4 cm³/mol. The fourth-order valence-electron chi connectivity index (χ4n) is 1.79. The van der Waals surface area contributed by atoms with Crippen LogP contribution in [0.2, 0.25) is 0 Å². The molecule has 1 atom stereocenters. The lowest BCUT2D eigenvalue weighted by molar-refractivity contribution is 0.685. The van der Waals surface area contributed by atoms with Crippen molar-refractivity contribution < 1.29 is 0 Å². The lowest BCUT2D eigenvalue weighted by Gasteiger charge is -2.16. The highest BCUT2D eigenvalue weighted by atomic mass is 15.0. The van der Waals surface area contributed by atoms with E-state index in [2.05, 4.69) is 36.1 Å². The number of hydrogen-bond acceptors (Lipinski definition) is 4. The molecule has 0 spiro atoms. The molecule has 1 unspecified atom stereocenters. The topological polar surface area (TPSA) is 63.8 Å². The average Bonchev–Trinajstić information content (AvgIpc) is 2.23. The van der Waals surface area contributed by atoms with Gasteiger partial charge in [-0.1, -0.05) is 26.7 Å². The Hall–Kier alpha value is -1.32. The fraction of sp³-hybridized carbons (Fsp3) is 0.667. The standard InChI is InChI=1S/C12H22N4/c1-4-6-9(3)16-12-10(7-5-2)11(13)14-8-15-12/h8-9H,4-7H2,1-3H3,(H3,13,14,15,16). The highest BCUT2D eigenvalue weighted by Crippen LogP contribution is 2.20. The van der Waals surface area contributed by atoms with E-state index in [9.17, 15) is 0 Å². The molecular formula is C12H22N4. The van der Waals surface area contributed by atoms with Crippen molar-refractivity contribution in [1.29, 1.82) is 0 Å². The minimum atomic E-state index is 0.426. The smallest absolute Gasteiger partial charge is 0.134 e. The van der Waals surface area contributed by atoms with Crippen molar-refractivity contribution in [3.05, 3.63) is 11.9 Å². The van der Waals surface area contributed by atoms with Gasteiger partial charge in [-0.2, -0.15) is 0 Å². The Labute approximate surface area is 97.7 Å². The molecule has 1 aromatic heterocycles. The van der Waals surface area contributed by atoms with Crippen LogP contribution in [0.5, 0.6) is 0 Å². The van der Waals surface area contributed by atoms with Crippen LogP contribution in [-0.4, -0.2) is 16.0 Å². The van der Waals surface area contributed by atoms with E-state index in [1.807, 2.05) is 0 Å². The van der Waals surface area contributed by atoms with Gasteiger partial charge in [-0.15, -0.1) is 0 Å². The van der Waals surface area contributed by atoms with E-state index in [1.165, 1.54) is 6.33 Å². The molecular weight excluding hydrogens is 200 g/mol. The second-order valence-electron chi connectivity index (χ2n) is 4.17. The first kappa shape index (κ1) is 12.7. The Kier molecular flexibility index (Phi) is 5.02. The maximum Gasteiger partial charge on any atom is 0.134 e. The van der Waals surface area contributed by atoms with Gasteiger partial charge in [-0.3, -0.25) is 0 Å². The van der Waals surface area contributed by atoms with E-state index in [0.29, 0.717) is 11.9 Å². The van der Waals surface area contributed by atoms with Crippen LogP contribution in [0.3, 0.4) is 0 Å². The van der Waals surface area contributed by atoms with Gasteiger partial charge in [0.1, 0.15) is 18.0 Å². The molecule has 90 valence electrons. The summed E-state index contributed by atoms with van der Waals surface area (Å²) in [6.45, 7) is 6.47. The van der Waals surface area contributed by atoms with Gasteiger partial charge in [0.2, 0.25) is 0 Å². The van der Waals surface area contributed by atoms with Crippen molar-refractivity contribution >= 4 is 11.6 Å². The molecule has 3 N–H and O–H groups in total. The summed E-state index contributed by atoms with van der Waals surface area (Å²) in [5.74, 6) is 1.50. The zero-order valence-electron chi connectivity index (χ0n) is 10.5. The van der Waals surface area contributed by atoms with Gasteiger partial charge in [-0.25, -0.2) is 9.97 Å². The van der Waals surface area contributed by atoms with Crippen molar-refractivity contribution in [2.45, 2.75) is 52.5 Å². The second kappa shape index (κ2) is 6.30. The van der Waals surface area contributed by atoms with Crippen LogP contribution in [0.1, 0.15) is 45.6 Å². The molecule has 0 amide bonds. The van der Waals surface area contributed by atoms with Crippen LogP contribution in [-0.2, 0) is 6.42 Å². The highest BCUT2D eigenvalue weighted by Gasteiger charge is 2.10. The van der Waals surface area contributed by atoms with E-state index in [-0.39, 0.29) is 0 Å². The summed E-state index contributed by atoms with van der Waals surface area (Å²) in [4.78, 5) is 8.32. The number of nitrogens with zero attached hydrogens (tertiary/aromatic N) is 2. The van der Waals surface area contributed by atoms with Crippen molar-refractivity contribution in [3.8, 4) is 0 Å². The maximum atomic E-state index is 5.87. The first-order chi connectivity index (χ1) is 7.69. The number of anilines is 2. The molecule has 0 aliphatic rings. The Morgan fingerprint density at radius 1 is 1.31 bits per heavy atom. The lowest BCUT2D eigenvalue weighted by atomic mass is 10.1.